The fourth-order valence-electron chi connectivity index (χ4n) is 4.77. The van der Waals surface area contributed by atoms with Gasteiger partial charge in [-0.1, -0.05) is 0 Å². The van der Waals surface area contributed by atoms with Crippen molar-refractivity contribution in [2.45, 2.75) is 38.5 Å². The lowest BCUT2D eigenvalue weighted by atomic mass is 9.66. The van der Waals surface area contributed by atoms with Crippen LogP contribution in [-0.2, 0) is 30.3 Å². The van der Waals surface area contributed by atoms with Gasteiger partial charge in [-0.15, -0.1) is 0 Å². The number of aromatic nitrogens is 5. The molecule has 1 fully saturated rings. The predicted octanol–water partition coefficient (Wildman–Crippen LogP) is 1.05. The van der Waals surface area contributed by atoms with E-state index in [4.69, 9.17) is 10.5 Å². The summed E-state index contributed by atoms with van der Waals surface area (Å²) in [4.78, 5) is 34.9. The molecule has 0 radical (unpaired) electrons. The number of anilines is 1. The summed E-state index contributed by atoms with van der Waals surface area (Å²) in [6.45, 7) is 5.18. The smallest absolute Gasteiger partial charge is 0.236 e. The molecule has 3 aromatic heterocycles. The summed E-state index contributed by atoms with van der Waals surface area (Å²) in [5.41, 5.74) is 6.23. The molecule has 1 saturated heterocycles. The molecule has 1 aliphatic heterocycles. The molecular formula is C25H32N8O6S2. The highest BCUT2D eigenvalue weighted by atomic mass is 32.2. The van der Waals surface area contributed by atoms with Crippen LogP contribution >= 0.6 is 0 Å². The van der Waals surface area contributed by atoms with Crippen molar-refractivity contribution in [2.24, 2.45) is 5.73 Å². The average molecular weight is 605 g/mol. The molecule has 4 rings (SSSR count). The predicted molar refractivity (Wildman–Crippen MR) is 151 cm³/mol. The SMILES string of the molecule is CCOc1cncc(-c2ccc(C3CN(S(=O)(=O)CC)CCC3(C(N)=O)c3ccnc(NS(=O)(=O)CC)n3)nc2)n1. The van der Waals surface area contributed by atoms with Crippen molar-refractivity contribution >= 4 is 31.9 Å². The van der Waals surface area contributed by atoms with E-state index in [0.29, 0.717) is 29.4 Å². The second-order valence-corrected chi connectivity index (χ2v) is 13.6. The minimum absolute atomic E-state index is 0.00544. The number of rotatable bonds is 11. The average Bonchev–Trinajstić information content (AvgIpc) is 2.97. The fraction of sp³-hybridized carbons (Fsp3) is 0.440. The molecular weight excluding hydrogens is 572 g/mol. The van der Waals surface area contributed by atoms with E-state index >= 15 is 0 Å². The summed E-state index contributed by atoms with van der Waals surface area (Å²) in [5.74, 6) is -1.80. The molecule has 16 heteroatoms. The standard InChI is InChI=1S/C25H32N8O6S2/c1-4-39-22-15-27-14-20(30-22)17-7-8-19(29-13-17)18-16-33(41(37,38)6-3)12-10-25(18,23(26)34)21-9-11-28-24(31-21)32-40(35,36)5-2/h7-9,11,13-15,18H,4-6,10,12,16H2,1-3H3,(H2,26,34)(H,28,31,32). The largest absolute Gasteiger partial charge is 0.477 e. The molecule has 0 spiro atoms. The molecule has 0 bridgehead atoms. The summed E-state index contributed by atoms with van der Waals surface area (Å²) < 4.78 is 59.1. The monoisotopic (exact) mass is 604 g/mol. The molecule has 1 amide bonds. The lowest BCUT2D eigenvalue weighted by molar-refractivity contribution is -0.126. The third-order valence-electron chi connectivity index (χ3n) is 7.02. The van der Waals surface area contributed by atoms with E-state index in [1.807, 2.05) is 6.92 Å². The number of carbonyl (C=O) groups is 1. The van der Waals surface area contributed by atoms with Gasteiger partial charge in [0, 0.05) is 42.7 Å². The number of ether oxygens (including phenoxy) is 1. The number of carbonyl (C=O) groups excluding carboxylic acids is 1. The molecule has 4 heterocycles. The molecule has 2 atom stereocenters. The minimum atomic E-state index is -3.71. The first-order chi connectivity index (χ1) is 19.5. The molecule has 0 aromatic carbocycles. The number of hydrogen-bond acceptors (Lipinski definition) is 11. The van der Waals surface area contributed by atoms with Gasteiger partial charge in [-0.05, 0) is 45.4 Å². The van der Waals surface area contributed by atoms with Gasteiger partial charge < -0.3 is 10.5 Å². The van der Waals surface area contributed by atoms with E-state index in [-0.39, 0.29) is 42.7 Å². The maximum absolute atomic E-state index is 13.3. The highest BCUT2D eigenvalue weighted by Crippen LogP contribution is 2.45. The number of piperidine rings is 1. The Bertz CT molecular complexity index is 1620. The van der Waals surface area contributed by atoms with Crippen molar-refractivity contribution in [1.29, 1.82) is 0 Å². The Labute approximate surface area is 238 Å². The van der Waals surface area contributed by atoms with Gasteiger partial charge in [-0.2, -0.15) is 0 Å². The molecule has 2 unspecified atom stereocenters. The number of nitrogens with two attached hydrogens (primary N) is 1. The number of hydrogen-bond donors (Lipinski definition) is 2. The Morgan fingerprint density at radius 3 is 2.49 bits per heavy atom. The summed E-state index contributed by atoms with van der Waals surface area (Å²) in [5, 5.41) is 0. The number of nitrogens with zero attached hydrogens (tertiary/aromatic N) is 6. The first-order valence-electron chi connectivity index (χ1n) is 13.0. The van der Waals surface area contributed by atoms with E-state index in [1.165, 1.54) is 29.7 Å². The second-order valence-electron chi connectivity index (χ2n) is 9.32. The number of nitrogens with one attached hydrogen (secondary N) is 1. The van der Waals surface area contributed by atoms with E-state index in [9.17, 15) is 21.6 Å². The maximum atomic E-state index is 13.3. The van der Waals surface area contributed by atoms with Crippen LogP contribution in [0.15, 0.2) is 43.0 Å². The number of pyridine rings is 1. The lowest BCUT2D eigenvalue weighted by Crippen LogP contribution is -2.57. The Hall–Kier alpha value is -3.76. The van der Waals surface area contributed by atoms with E-state index < -0.39 is 37.3 Å². The van der Waals surface area contributed by atoms with Gasteiger partial charge in [0.2, 0.25) is 37.8 Å². The van der Waals surface area contributed by atoms with Gasteiger partial charge in [0.1, 0.15) is 5.41 Å². The van der Waals surface area contributed by atoms with Crippen LogP contribution in [0, 0.1) is 0 Å². The topological polar surface area (TPSA) is 200 Å². The lowest BCUT2D eigenvalue weighted by Gasteiger charge is -2.44. The van der Waals surface area contributed by atoms with Gasteiger partial charge in [0.05, 0.1) is 41.9 Å². The molecule has 0 aliphatic carbocycles. The summed E-state index contributed by atoms with van der Waals surface area (Å²) in [6.07, 6.45) is 5.93. The van der Waals surface area contributed by atoms with Crippen LogP contribution in [0.2, 0.25) is 0 Å². The second kappa shape index (κ2) is 12.0. The van der Waals surface area contributed by atoms with E-state index in [1.54, 1.807) is 31.5 Å². The molecule has 220 valence electrons. The number of primary amides is 1. The number of sulfonamides is 2. The number of amides is 1. The normalized spacial score (nSPS) is 19.9. The third kappa shape index (κ3) is 6.28. The van der Waals surface area contributed by atoms with Crippen LogP contribution in [0.1, 0.15) is 44.5 Å². The molecule has 0 saturated carbocycles. The Balaban J connectivity index is 1.81. The van der Waals surface area contributed by atoms with Crippen LogP contribution in [0.25, 0.3) is 11.3 Å². The first-order valence-corrected chi connectivity index (χ1v) is 16.2. The minimum Gasteiger partial charge on any atom is -0.477 e. The van der Waals surface area contributed by atoms with Gasteiger partial charge >= 0.3 is 0 Å². The molecule has 3 N–H and O–H groups in total. The Morgan fingerprint density at radius 2 is 1.85 bits per heavy atom. The maximum Gasteiger partial charge on any atom is 0.236 e. The van der Waals surface area contributed by atoms with Crippen molar-refractivity contribution < 1.29 is 26.4 Å². The highest BCUT2D eigenvalue weighted by molar-refractivity contribution is 7.92. The zero-order valence-electron chi connectivity index (χ0n) is 22.9. The van der Waals surface area contributed by atoms with Crippen molar-refractivity contribution in [3.05, 3.63) is 54.4 Å². The van der Waals surface area contributed by atoms with Crippen LogP contribution < -0.4 is 15.2 Å². The van der Waals surface area contributed by atoms with Crippen LogP contribution in [0.3, 0.4) is 0 Å². The molecule has 1 aliphatic rings. The van der Waals surface area contributed by atoms with Crippen LogP contribution in [0.5, 0.6) is 5.88 Å². The van der Waals surface area contributed by atoms with Crippen LogP contribution in [-0.4, -0.2) is 83.2 Å². The van der Waals surface area contributed by atoms with Crippen LogP contribution in [0.4, 0.5) is 5.95 Å². The van der Waals surface area contributed by atoms with Crippen molar-refractivity contribution in [3.8, 4) is 17.1 Å². The summed E-state index contributed by atoms with van der Waals surface area (Å²) in [6, 6.07) is 4.90. The summed E-state index contributed by atoms with van der Waals surface area (Å²) >= 11 is 0. The van der Waals surface area contributed by atoms with Gasteiger partial charge in [0.25, 0.3) is 0 Å². The van der Waals surface area contributed by atoms with Gasteiger partial charge in [-0.3, -0.25) is 19.5 Å². The van der Waals surface area contributed by atoms with Crippen molar-refractivity contribution in [2.75, 3.05) is 35.9 Å². The summed E-state index contributed by atoms with van der Waals surface area (Å²) in [7, 11) is -7.33. The van der Waals surface area contributed by atoms with E-state index in [2.05, 4.69) is 29.6 Å². The van der Waals surface area contributed by atoms with Gasteiger partial charge in [-0.25, -0.2) is 36.1 Å². The Kier molecular flexibility index (Phi) is 8.84. The van der Waals surface area contributed by atoms with E-state index in [0.717, 1.165) is 0 Å². The zero-order chi connectivity index (χ0) is 29.8. The molecule has 41 heavy (non-hydrogen) atoms. The zero-order valence-corrected chi connectivity index (χ0v) is 24.5. The Morgan fingerprint density at radius 1 is 1.07 bits per heavy atom. The molecule has 14 nitrogen and oxygen atoms in total. The highest BCUT2D eigenvalue weighted by Gasteiger charge is 2.53. The third-order valence-corrected chi connectivity index (χ3v) is 10.1. The van der Waals surface area contributed by atoms with Gasteiger partial charge in [0.15, 0.2) is 0 Å². The van der Waals surface area contributed by atoms with Crippen molar-refractivity contribution in [1.82, 2.24) is 29.2 Å². The quantitative estimate of drug-likeness (QED) is 0.317. The molecule has 3 aromatic rings. The van der Waals surface area contributed by atoms with Crippen molar-refractivity contribution in [3.63, 3.8) is 0 Å². The first kappa shape index (κ1) is 30.2. The fourth-order valence-corrected chi connectivity index (χ4v) is 6.40.